The first-order valence-corrected chi connectivity index (χ1v) is 7.37. The van der Waals surface area contributed by atoms with Gasteiger partial charge in [0.25, 0.3) is 0 Å². The summed E-state index contributed by atoms with van der Waals surface area (Å²) in [5, 5.41) is 3.82. The van der Waals surface area contributed by atoms with Crippen LogP contribution < -0.4 is 5.32 Å². The first-order valence-electron chi connectivity index (χ1n) is 5.91. The number of hydrogen-bond donors (Lipinski definition) is 1. The second-order valence-electron chi connectivity index (χ2n) is 4.36. The number of esters is 1. The smallest absolute Gasteiger partial charge is 0.320 e. The average molecular weight is 291 g/mol. The molecule has 1 rings (SSSR count). The van der Waals surface area contributed by atoms with Gasteiger partial charge in [-0.15, -0.1) is 11.8 Å². The van der Waals surface area contributed by atoms with Gasteiger partial charge in [0.05, 0.1) is 7.11 Å². The van der Waals surface area contributed by atoms with E-state index >= 15 is 0 Å². The molecule has 0 saturated carbocycles. The normalized spacial score (nSPS) is 19.8. The molecule has 1 aliphatic rings. The number of carbonyl (C=O) groups is 1. The summed E-state index contributed by atoms with van der Waals surface area (Å²) in [6.07, 6.45) is 0. The highest BCUT2D eigenvalue weighted by Crippen LogP contribution is 2.19. The summed E-state index contributed by atoms with van der Waals surface area (Å²) < 4.78 is 4.77. The molecule has 0 spiro atoms. The highest BCUT2D eigenvalue weighted by Gasteiger charge is 2.28. The van der Waals surface area contributed by atoms with Crippen LogP contribution >= 0.6 is 24.0 Å². The van der Waals surface area contributed by atoms with Gasteiger partial charge in [0.1, 0.15) is 5.25 Å². The molecule has 1 atom stereocenters. The fourth-order valence-corrected chi connectivity index (χ4v) is 3.00. The maximum Gasteiger partial charge on any atom is 0.320 e. The minimum Gasteiger partial charge on any atom is -0.468 e. The number of rotatable bonds is 4. The summed E-state index contributed by atoms with van der Waals surface area (Å²) in [4.78, 5) is 15.6. The second-order valence-corrected chi connectivity index (χ2v) is 6.06. The molecule has 0 aromatic rings. The Kier molecular flexibility index (Phi) is 6.73. The minimum atomic E-state index is -0.166. The third-order valence-corrected chi connectivity index (χ3v) is 4.22. The number of nitrogens with zero attached hydrogens (tertiary/aromatic N) is 2. The van der Waals surface area contributed by atoms with Gasteiger partial charge in [0.15, 0.2) is 5.11 Å². The Balaban J connectivity index is 2.36. The van der Waals surface area contributed by atoms with Gasteiger partial charge in [-0.1, -0.05) is 0 Å². The van der Waals surface area contributed by atoms with Crippen LogP contribution in [0.15, 0.2) is 0 Å². The predicted molar refractivity (Wildman–Crippen MR) is 79.0 cm³/mol. The molecule has 1 N–H and O–H groups in total. The third-order valence-electron chi connectivity index (χ3n) is 2.65. The summed E-state index contributed by atoms with van der Waals surface area (Å²) in [6.45, 7) is 3.26. The Morgan fingerprint density at radius 2 is 2.33 bits per heavy atom. The topological polar surface area (TPSA) is 44.8 Å². The van der Waals surface area contributed by atoms with Crippen LogP contribution in [-0.2, 0) is 9.53 Å². The number of methoxy groups -OCH3 is 1. The van der Waals surface area contributed by atoms with Crippen LogP contribution in [0.25, 0.3) is 0 Å². The van der Waals surface area contributed by atoms with E-state index in [1.54, 1.807) is 11.8 Å². The molecule has 0 aromatic heterocycles. The standard InChI is InChI=1S/C11H21N3O2S2/c1-13(2)5-4-12-11(17)14-6-7-18-9(8-14)10(15)16-3/h9H,4-8H2,1-3H3,(H,12,17)/t9-/m0/s1. The molecule has 0 radical (unpaired) electrons. The summed E-state index contributed by atoms with van der Waals surface area (Å²) >= 11 is 6.97. The van der Waals surface area contributed by atoms with E-state index in [1.165, 1.54) is 7.11 Å². The number of carbonyl (C=O) groups excluding carboxylic acids is 1. The SMILES string of the molecule is COC(=O)[C@@H]1CN(C(=S)NCCN(C)C)CCS1. The van der Waals surface area contributed by atoms with Crippen molar-refractivity contribution in [1.29, 1.82) is 0 Å². The fraction of sp³-hybridized carbons (Fsp3) is 0.818. The summed E-state index contributed by atoms with van der Waals surface area (Å²) in [5.74, 6) is 0.732. The molecule has 104 valence electrons. The summed E-state index contributed by atoms with van der Waals surface area (Å²) in [7, 11) is 5.47. The Bertz CT molecular complexity index is 300. The number of thioether (sulfide) groups is 1. The van der Waals surface area contributed by atoms with Crippen LogP contribution in [0.3, 0.4) is 0 Å². The van der Waals surface area contributed by atoms with Crippen molar-refractivity contribution in [1.82, 2.24) is 15.1 Å². The van der Waals surface area contributed by atoms with Gasteiger partial charge in [0, 0.05) is 31.9 Å². The first kappa shape index (κ1) is 15.5. The largest absolute Gasteiger partial charge is 0.468 e. The lowest BCUT2D eigenvalue weighted by Gasteiger charge is -2.33. The van der Waals surface area contributed by atoms with Crippen molar-refractivity contribution in [2.45, 2.75) is 5.25 Å². The molecule has 0 aliphatic carbocycles. The zero-order chi connectivity index (χ0) is 13.5. The maximum atomic E-state index is 11.5. The van der Waals surface area contributed by atoms with E-state index in [0.29, 0.717) is 6.54 Å². The van der Waals surface area contributed by atoms with Gasteiger partial charge in [-0.25, -0.2) is 0 Å². The molecule has 1 aliphatic heterocycles. The van der Waals surface area contributed by atoms with E-state index in [1.807, 2.05) is 19.0 Å². The van der Waals surface area contributed by atoms with Crippen molar-refractivity contribution < 1.29 is 9.53 Å². The van der Waals surface area contributed by atoms with Crippen LogP contribution in [0.4, 0.5) is 0 Å². The van der Waals surface area contributed by atoms with E-state index in [9.17, 15) is 4.79 Å². The Morgan fingerprint density at radius 3 is 2.94 bits per heavy atom. The lowest BCUT2D eigenvalue weighted by atomic mass is 10.3. The number of hydrogen-bond acceptors (Lipinski definition) is 5. The van der Waals surface area contributed by atoms with E-state index in [2.05, 4.69) is 10.2 Å². The van der Waals surface area contributed by atoms with Crippen LogP contribution in [0, 0.1) is 0 Å². The van der Waals surface area contributed by atoms with Crippen LogP contribution in [0.5, 0.6) is 0 Å². The lowest BCUT2D eigenvalue weighted by molar-refractivity contribution is -0.140. The zero-order valence-electron chi connectivity index (χ0n) is 11.1. The minimum absolute atomic E-state index is 0.127. The summed E-state index contributed by atoms with van der Waals surface area (Å²) in [6, 6.07) is 0. The Hall–Kier alpha value is -0.530. The van der Waals surface area contributed by atoms with E-state index < -0.39 is 0 Å². The van der Waals surface area contributed by atoms with E-state index in [4.69, 9.17) is 17.0 Å². The predicted octanol–water partition coefficient (Wildman–Crippen LogP) is 0.0129. The molecule has 5 nitrogen and oxygen atoms in total. The van der Waals surface area contributed by atoms with E-state index in [0.717, 1.165) is 30.5 Å². The monoisotopic (exact) mass is 291 g/mol. The number of thiocarbonyl (C=S) groups is 1. The fourth-order valence-electron chi connectivity index (χ4n) is 1.61. The van der Waals surface area contributed by atoms with Crippen molar-refractivity contribution in [3.05, 3.63) is 0 Å². The van der Waals surface area contributed by atoms with Crippen LogP contribution in [-0.4, -0.2) is 79.3 Å². The number of nitrogens with one attached hydrogen (secondary N) is 1. The summed E-state index contributed by atoms with van der Waals surface area (Å²) in [5.41, 5.74) is 0. The van der Waals surface area contributed by atoms with Gasteiger partial charge in [-0.2, -0.15) is 0 Å². The van der Waals surface area contributed by atoms with Gasteiger partial charge in [0.2, 0.25) is 0 Å². The highest BCUT2D eigenvalue weighted by atomic mass is 32.2. The Morgan fingerprint density at radius 1 is 1.61 bits per heavy atom. The maximum absolute atomic E-state index is 11.5. The Labute approximate surface area is 118 Å². The highest BCUT2D eigenvalue weighted by molar-refractivity contribution is 8.00. The van der Waals surface area contributed by atoms with Gasteiger partial charge >= 0.3 is 5.97 Å². The third kappa shape index (κ3) is 4.99. The second kappa shape index (κ2) is 7.81. The lowest BCUT2D eigenvalue weighted by Crippen LogP contribution is -2.49. The van der Waals surface area contributed by atoms with Crippen molar-refractivity contribution in [3.63, 3.8) is 0 Å². The molecular weight excluding hydrogens is 270 g/mol. The molecule has 1 fully saturated rings. The molecular formula is C11H21N3O2S2. The number of likely N-dealkylation sites (N-methyl/N-ethyl adjacent to an activating group) is 1. The van der Waals surface area contributed by atoms with Crippen molar-refractivity contribution in [3.8, 4) is 0 Å². The molecule has 0 unspecified atom stereocenters. The van der Waals surface area contributed by atoms with Gasteiger partial charge in [-0.3, -0.25) is 4.79 Å². The van der Waals surface area contributed by atoms with Crippen LogP contribution in [0.1, 0.15) is 0 Å². The van der Waals surface area contributed by atoms with Gasteiger partial charge in [-0.05, 0) is 26.3 Å². The quantitative estimate of drug-likeness (QED) is 0.578. The first-order chi connectivity index (χ1) is 8.54. The number of ether oxygens (including phenoxy) is 1. The molecule has 7 heteroatoms. The van der Waals surface area contributed by atoms with Crippen molar-refractivity contribution in [2.75, 3.05) is 53.1 Å². The molecule has 18 heavy (non-hydrogen) atoms. The molecule has 1 saturated heterocycles. The zero-order valence-corrected chi connectivity index (χ0v) is 12.8. The average Bonchev–Trinajstić information content (AvgIpc) is 2.37. The van der Waals surface area contributed by atoms with E-state index in [-0.39, 0.29) is 11.2 Å². The van der Waals surface area contributed by atoms with Crippen molar-refractivity contribution >= 4 is 35.1 Å². The molecule has 0 amide bonds. The van der Waals surface area contributed by atoms with Crippen molar-refractivity contribution in [2.24, 2.45) is 0 Å². The van der Waals surface area contributed by atoms with Gasteiger partial charge < -0.3 is 19.9 Å². The molecule has 0 bridgehead atoms. The van der Waals surface area contributed by atoms with Crippen LogP contribution in [0.2, 0.25) is 0 Å². The molecule has 1 heterocycles. The molecule has 0 aromatic carbocycles.